The topological polar surface area (TPSA) is 105 Å². The highest BCUT2D eigenvalue weighted by molar-refractivity contribution is 7.99. The first-order chi connectivity index (χ1) is 20.0. The molecule has 4 fully saturated rings. The van der Waals surface area contributed by atoms with Crippen LogP contribution >= 0.6 is 23.1 Å². The molecule has 2 bridgehead atoms. The largest absolute Gasteiger partial charge is 0.461 e. The Labute approximate surface area is 257 Å². The molecule has 0 unspecified atom stereocenters. The maximum Gasteiger partial charge on any atom is 0.316 e. The predicted octanol–water partition coefficient (Wildman–Crippen LogP) is 5.10. The van der Waals surface area contributed by atoms with Gasteiger partial charge in [-0.1, -0.05) is 45.5 Å². The summed E-state index contributed by atoms with van der Waals surface area (Å²) in [4.78, 5) is 40.1. The number of Topliss-reactive ketones (excluding diaryl/α,β-unsaturated/α-hetero) is 1. The van der Waals surface area contributed by atoms with E-state index in [2.05, 4.69) is 43.6 Å². The average Bonchev–Trinajstić information content (AvgIpc) is 3.61. The van der Waals surface area contributed by atoms with Crippen molar-refractivity contribution in [3.05, 3.63) is 24.1 Å². The number of carbonyl (C=O) groups is 2. The van der Waals surface area contributed by atoms with Crippen LogP contribution in [0.3, 0.4) is 0 Å². The Morgan fingerprint density at radius 2 is 2.05 bits per heavy atom. The highest BCUT2D eigenvalue weighted by atomic mass is 32.2. The van der Waals surface area contributed by atoms with Gasteiger partial charge in [-0.25, -0.2) is 9.97 Å². The van der Waals surface area contributed by atoms with E-state index in [1.54, 1.807) is 11.3 Å². The first-order valence-electron chi connectivity index (χ1n) is 15.4. The molecule has 0 radical (unpaired) electrons. The lowest BCUT2D eigenvalue weighted by molar-refractivity contribution is -0.205. The Morgan fingerprint density at radius 3 is 2.79 bits per heavy atom. The van der Waals surface area contributed by atoms with Crippen LogP contribution in [-0.4, -0.2) is 71.0 Å². The second-order valence-electron chi connectivity index (χ2n) is 13.6. The number of piperazine rings is 1. The van der Waals surface area contributed by atoms with Crippen LogP contribution in [0, 0.1) is 34.0 Å². The second-order valence-corrected chi connectivity index (χ2v) is 15.4. The van der Waals surface area contributed by atoms with Crippen molar-refractivity contribution in [2.24, 2.45) is 34.0 Å². The number of esters is 1. The molecule has 3 heterocycles. The number of aromatic nitrogens is 2. The maximum absolute atomic E-state index is 13.6. The summed E-state index contributed by atoms with van der Waals surface area (Å²) in [6.45, 7) is 16.2. The van der Waals surface area contributed by atoms with Gasteiger partial charge in [0.15, 0.2) is 5.16 Å². The molecule has 42 heavy (non-hydrogen) atoms. The zero-order chi connectivity index (χ0) is 29.9. The molecule has 8 atom stereocenters. The number of thiophene rings is 1. The van der Waals surface area contributed by atoms with Crippen LogP contribution in [-0.2, 0) is 14.3 Å². The van der Waals surface area contributed by atoms with Crippen molar-refractivity contribution in [3.8, 4) is 0 Å². The fourth-order valence-electron chi connectivity index (χ4n) is 8.82. The van der Waals surface area contributed by atoms with E-state index in [9.17, 15) is 14.7 Å². The molecule has 10 heteroatoms. The van der Waals surface area contributed by atoms with Crippen molar-refractivity contribution in [1.82, 2.24) is 15.3 Å². The third-order valence-electron chi connectivity index (χ3n) is 11.6. The number of aliphatic hydroxyl groups is 1. The fraction of sp³-hybridized carbons (Fsp3) is 0.688. The summed E-state index contributed by atoms with van der Waals surface area (Å²) < 4.78 is 6.42. The Morgan fingerprint density at radius 1 is 1.29 bits per heavy atom. The zero-order valence-electron chi connectivity index (χ0n) is 25.2. The van der Waals surface area contributed by atoms with Crippen molar-refractivity contribution in [2.45, 2.75) is 77.2 Å². The molecule has 0 amide bonds. The predicted molar refractivity (Wildman–Crippen MR) is 168 cm³/mol. The molecule has 2 aromatic heterocycles. The molecule has 0 aromatic carbocycles. The molecule has 2 N–H and O–H groups in total. The molecule has 1 saturated heterocycles. The van der Waals surface area contributed by atoms with Gasteiger partial charge in [-0.2, -0.15) is 0 Å². The number of hydrogen-bond acceptors (Lipinski definition) is 10. The number of carbonyl (C=O) groups excluding carboxylic acids is 2. The minimum atomic E-state index is -0.675. The molecule has 4 aliphatic rings. The lowest BCUT2D eigenvalue weighted by Crippen LogP contribution is -2.63. The summed E-state index contributed by atoms with van der Waals surface area (Å²) in [7, 11) is 0. The summed E-state index contributed by atoms with van der Waals surface area (Å²) in [6, 6.07) is 2.07. The molecule has 2 aromatic rings. The molecular formula is C32H44N4O4S2. The smallest absolute Gasteiger partial charge is 0.316 e. The molecule has 3 saturated carbocycles. The third-order valence-corrected chi connectivity index (χ3v) is 13.2. The van der Waals surface area contributed by atoms with E-state index < -0.39 is 23.0 Å². The van der Waals surface area contributed by atoms with Crippen molar-refractivity contribution in [2.75, 3.05) is 36.8 Å². The van der Waals surface area contributed by atoms with Crippen LogP contribution in [0.5, 0.6) is 0 Å². The van der Waals surface area contributed by atoms with Gasteiger partial charge in [0.1, 0.15) is 22.5 Å². The Kier molecular flexibility index (Phi) is 7.98. The van der Waals surface area contributed by atoms with E-state index in [0.29, 0.717) is 18.0 Å². The summed E-state index contributed by atoms with van der Waals surface area (Å²) in [6.07, 6.45) is 4.27. The quantitative estimate of drug-likeness (QED) is 0.200. The molecule has 8 nitrogen and oxygen atoms in total. The van der Waals surface area contributed by atoms with Crippen molar-refractivity contribution >= 4 is 50.9 Å². The Bertz CT molecular complexity index is 1380. The number of aliphatic hydroxyl groups excluding tert-OH is 1. The molecule has 228 valence electrons. The minimum Gasteiger partial charge on any atom is -0.461 e. The lowest BCUT2D eigenvalue weighted by Gasteiger charge is -2.61. The van der Waals surface area contributed by atoms with Gasteiger partial charge in [0.05, 0.1) is 17.2 Å². The van der Waals surface area contributed by atoms with Gasteiger partial charge in [-0.05, 0) is 54.4 Å². The second kappa shape index (κ2) is 11.2. The summed E-state index contributed by atoms with van der Waals surface area (Å²) in [5, 5.41) is 18.8. The summed E-state index contributed by atoms with van der Waals surface area (Å²) >= 11 is 2.88. The number of hydrogen-bond donors (Lipinski definition) is 2. The van der Waals surface area contributed by atoms with Gasteiger partial charge >= 0.3 is 5.97 Å². The Balaban J connectivity index is 1.27. The number of anilines is 1. The number of nitrogens with zero attached hydrogens (tertiary/aromatic N) is 3. The van der Waals surface area contributed by atoms with E-state index in [1.807, 2.05) is 18.4 Å². The van der Waals surface area contributed by atoms with Crippen LogP contribution in [0.4, 0.5) is 5.82 Å². The van der Waals surface area contributed by atoms with Crippen molar-refractivity contribution < 1.29 is 19.4 Å². The number of thioether (sulfide) groups is 1. The van der Waals surface area contributed by atoms with Gasteiger partial charge in [-0.15, -0.1) is 17.9 Å². The molecule has 0 spiro atoms. The lowest BCUT2D eigenvalue weighted by atomic mass is 9.44. The van der Waals surface area contributed by atoms with Crippen LogP contribution in [0.25, 0.3) is 10.2 Å². The highest BCUT2D eigenvalue weighted by Gasteiger charge is 2.68. The van der Waals surface area contributed by atoms with E-state index in [-0.39, 0.29) is 40.7 Å². The number of rotatable bonds is 6. The van der Waals surface area contributed by atoms with Crippen LogP contribution < -0.4 is 10.2 Å². The van der Waals surface area contributed by atoms with Crippen LogP contribution in [0.15, 0.2) is 29.3 Å². The van der Waals surface area contributed by atoms with Gasteiger partial charge in [0, 0.05) is 49.3 Å². The van der Waals surface area contributed by atoms with E-state index in [4.69, 9.17) is 14.7 Å². The van der Waals surface area contributed by atoms with E-state index in [0.717, 1.165) is 61.5 Å². The minimum absolute atomic E-state index is 0.0508. The number of fused-ring (bicyclic) bond motifs is 1. The molecule has 1 aliphatic heterocycles. The first kappa shape index (κ1) is 30.0. The average molecular weight is 613 g/mol. The Hall–Kier alpha value is -2.01. The number of nitrogens with one attached hydrogen (secondary N) is 1. The standard InChI is InChI=1S/C32H44N4O4S2/c1-6-30(4)17-23(31(5)19(2)7-10-32(20(3)26(30)39)11-8-22(37)25(31)32)40-24(38)18-42-29-34-27(36-14-12-33-13-15-36)21-9-16-41-28(21)35-29/h6,9,16,19-20,23,25-26,33,39H,1,7-8,10-15,17-18H2,2-5H3/t19-,20+,23-,25+,26+,30-,31+,32+/m1/s1. The van der Waals surface area contributed by atoms with Crippen LogP contribution in [0.2, 0.25) is 0 Å². The van der Waals surface area contributed by atoms with Gasteiger partial charge in [0.2, 0.25) is 0 Å². The number of ether oxygens (including phenoxy) is 1. The monoisotopic (exact) mass is 612 g/mol. The maximum atomic E-state index is 13.6. The molecule has 3 aliphatic carbocycles. The van der Waals surface area contributed by atoms with E-state index in [1.165, 1.54) is 11.8 Å². The molecular weight excluding hydrogens is 569 g/mol. The van der Waals surface area contributed by atoms with Gasteiger partial charge in [-0.3, -0.25) is 9.59 Å². The normalized spacial score (nSPS) is 38.5. The van der Waals surface area contributed by atoms with Crippen LogP contribution in [0.1, 0.15) is 59.8 Å². The summed E-state index contributed by atoms with van der Waals surface area (Å²) in [5.41, 5.74) is -1.45. The fourth-order valence-corrected chi connectivity index (χ4v) is 10.3. The highest BCUT2D eigenvalue weighted by Crippen LogP contribution is 2.68. The third kappa shape index (κ3) is 4.72. The van der Waals surface area contributed by atoms with Crippen molar-refractivity contribution in [3.63, 3.8) is 0 Å². The van der Waals surface area contributed by atoms with Gasteiger partial charge < -0.3 is 20.1 Å². The zero-order valence-corrected chi connectivity index (χ0v) is 26.9. The van der Waals surface area contributed by atoms with E-state index >= 15 is 0 Å². The SMILES string of the molecule is C=C[C@]1(C)C[C@@H](OC(=O)CSc2nc(N3CCNCC3)c3ccsc3n2)[C@]2(C)[C@H](C)CC[C@]3(CCC(=O)[C@H]32)[C@@H](C)[C@@H]1O. The van der Waals surface area contributed by atoms with Gasteiger partial charge in [0.25, 0.3) is 0 Å². The molecule has 6 rings (SSSR count). The number of ketones is 1. The van der Waals surface area contributed by atoms with Crippen molar-refractivity contribution in [1.29, 1.82) is 0 Å². The first-order valence-corrected chi connectivity index (χ1v) is 17.3. The summed E-state index contributed by atoms with van der Waals surface area (Å²) in [5.74, 6) is 0.835.